The van der Waals surface area contributed by atoms with Crippen LogP contribution in [0.15, 0.2) is 0 Å². The molecule has 74 valence electrons. The van der Waals surface area contributed by atoms with E-state index in [4.69, 9.17) is 6.42 Å². The minimum absolute atomic E-state index is 0.657. The molecule has 0 aromatic carbocycles. The van der Waals surface area contributed by atoms with Crippen LogP contribution in [0, 0.1) is 12.3 Å². The van der Waals surface area contributed by atoms with Gasteiger partial charge in [0.25, 0.3) is 0 Å². The molecule has 0 aromatic rings. The van der Waals surface area contributed by atoms with E-state index in [0.717, 1.165) is 6.54 Å². The second-order valence-corrected chi connectivity index (χ2v) is 3.70. The second kappa shape index (κ2) is 6.01. The molecule has 1 fully saturated rings. The van der Waals surface area contributed by atoms with Crippen LogP contribution in [-0.4, -0.2) is 37.1 Å². The fourth-order valence-electron chi connectivity index (χ4n) is 1.88. The van der Waals surface area contributed by atoms with E-state index in [-0.39, 0.29) is 0 Å². The summed E-state index contributed by atoms with van der Waals surface area (Å²) in [4.78, 5) is 2.54. The third-order valence-corrected chi connectivity index (χ3v) is 2.62. The number of likely N-dealkylation sites (tertiary alicyclic amines) is 1. The van der Waals surface area contributed by atoms with Crippen LogP contribution in [0.25, 0.3) is 0 Å². The summed E-state index contributed by atoms with van der Waals surface area (Å²) < 4.78 is 0. The highest BCUT2D eigenvalue weighted by atomic mass is 15.1. The lowest BCUT2D eigenvalue weighted by molar-refractivity contribution is 0.200. The zero-order chi connectivity index (χ0) is 9.52. The first-order valence-electron chi connectivity index (χ1n) is 5.26. The third-order valence-electron chi connectivity index (χ3n) is 2.62. The van der Waals surface area contributed by atoms with Crippen molar-refractivity contribution in [1.82, 2.24) is 10.2 Å². The topological polar surface area (TPSA) is 15.3 Å². The lowest BCUT2D eigenvalue weighted by Gasteiger charge is -2.31. The Morgan fingerprint density at radius 3 is 2.69 bits per heavy atom. The molecule has 0 aromatic heterocycles. The lowest BCUT2D eigenvalue weighted by Crippen LogP contribution is -2.42. The fourth-order valence-corrected chi connectivity index (χ4v) is 1.88. The molecular weight excluding hydrogens is 160 g/mol. The maximum absolute atomic E-state index is 5.20. The molecule has 1 aliphatic heterocycles. The summed E-state index contributed by atoms with van der Waals surface area (Å²) in [6.45, 7) is 6.68. The molecule has 0 saturated carbocycles. The molecule has 0 radical (unpaired) electrons. The molecule has 1 aliphatic rings. The molecule has 1 heterocycles. The van der Waals surface area contributed by atoms with Crippen molar-refractivity contribution in [2.45, 2.75) is 32.2 Å². The Balaban J connectivity index is 2.12. The van der Waals surface area contributed by atoms with Gasteiger partial charge in [0.1, 0.15) is 0 Å². The summed E-state index contributed by atoms with van der Waals surface area (Å²) in [7, 11) is 0. The van der Waals surface area contributed by atoms with Gasteiger partial charge in [-0.1, -0.05) is 12.8 Å². The van der Waals surface area contributed by atoms with Crippen LogP contribution in [0.4, 0.5) is 0 Å². The first-order valence-corrected chi connectivity index (χ1v) is 5.26. The number of nitrogens with zero attached hydrogens (tertiary/aromatic N) is 1. The molecule has 0 aliphatic carbocycles. The summed E-state index contributed by atoms with van der Waals surface area (Å²) >= 11 is 0. The minimum atomic E-state index is 0.657. The van der Waals surface area contributed by atoms with Crippen molar-refractivity contribution >= 4 is 0 Å². The average molecular weight is 180 g/mol. The number of terminal acetylenes is 1. The Morgan fingerprint density at radius 2 is 2.15 bits per heavy atom. The smallest absolute Gasteiger partial charge is 0.0575 e. The fraction of sp³-hybridized carbons (Fsp3) is 0.818. The van der Waals surface area contributed by atoms with Gasteiger partial charge in [-0.2, -0.15) is 0 Å². The van der Waals surface area contributed by atoms with E-state index in [1.54, 1.807) is 0 Å². The van der Waals surface area contributed by atoms with Gasteiger partial charge >= 0.3 is 0 Å². The van der Waals surface area contributed by atoms with Crippen molar-refractivity contribution in [2.75, 3.05) is 26.2 Å². The van der Waals surface area contributed by atoms with E-state index in [1.165, 1.54) is 38.9 Å². The molecule has 2 nitrogen and oxygen atoms in total. The highest BCUT2D eigenvalue weighted by Gasteiger charge is 2.16. The SMILES string of the molecule is C#CCNC1CCN(CCC)CC1. The normalized spacial score (nSPS) is 20.0. The predicted octanol–water partition coefficient (Wildman–Crippen LogP) is 1.08. The minimum Gasteiger partial charge on any atom is -0.303 e. The molecule has 13 heavy (non-hydrogen) atoms. The Hall–Kier alpha value is -0.520. The van der Waals surface area contributed by atoms with Gasteiger partial charge in [-0.25, -0.2) is 0 Å². The first-order chi connectivity index (χ1) is 6.36. The lowest BCUT2D eigenvalue weighted by atomic mass is 10.1. The summed E-state index contributed by atoms with van der Waals surface area (Å²) in [5.74, 6) is 2.63. The van der Waals surface area contributed by atoms with E-state index >= 15 is 0 Å². The molecule has 1 rings (SSSR count). The number of rotatable bonds is 4. The summed E-state index contributed by atoms with van der Waals surface area (Å²) in [5.41, 5.74) is 0. The van der Waals surface area contributed by atoms with Crippen LogP contribution in [-0.2, 0) is 0 Å². The Bertz CT molecular complexity index is 163. The zero-order valence-electron chi connectivity index (χ0n) is 8.55. The van der Waals surface area contributed by atoms with Gasteiger partial charge in [0.15, 0.2) is 0 Å². The van der Waals surface area contributed by atoms with Gasteiger partial charge in [0, 0.05) is 6.04 Å². The monoisotopic (exact) mass is 180 g/mol. The molecule has 1 N–H and O–H groups in total. The van der Waals surface area contributed by atoms with E-state index in [1.807, 2.05) is 0 Å². The summed E-state index contributed by atoms with van der Waals surface area (Å²) in [6, 6.07) is 0.657. The molecule has 2 heteroatoms. The standard InChI is InChI=1S/C11H20N2/c1-3-7-12-11-5-9-13(8-4-2)10-6-11/h1,11-12H,4-10H2,2H3. The number of hydrogen-bond acceptors (Lipinski definition) is 2. The van der Waals surface area contributed by atoms with Crippen LogP contribution in [0.3, 0.4) is 0 Å². The van der Waals surface area contributed by atoms with E-state index in [0.29, 0.717) is 6.04 Å². The van der Waals surface area contributed by atoms with Gasteiger partial charge in [-0.3, -0.25) is 0 Å². The second-order valence-electron chi connectivity index (χ2n) is 3.70. The number of piperidine rings is 1. The highest BCUT2D eigenvalue weighted by molar-refractivity contribution is 4.89. The molecule has 0 bridgehead atoms. The molecule has 0 spiro atoms. The maximum Gasteiger partial charge on any atom is 0.0575 e. The zero-order valence-corrected chi connectivity index (χ0v) is 8.55. The van der Waals surface area contributed by atoms with Crippen molar-refractivity contribution in [1.29, 1.82) is 0 Å². The largest absolute Gasteiger partial charge is 0.303 e. The Morgan fingerprint density at radius 1 is 1.46 bits per heavy atom. The average Bonchev–Trinajstić information content (AvgIpc) is 2.17. The van der Waals surface area contributed by atoms with Crippen LogP contribution in [0.5, 0.6) is 0 Å². The van der Waals surface area contributed by atoms with E-state index in [2.05, 4.69) is 23.1 Å². The predicted molar refractivity (Wildman–Crippen MR) is 56.6 cm³/mol. The molecule has 1 saturated heterocycles. The van der Waals surface area contributed by atoms with Gasteiger partial charge in [0.2, 0.25) is 0 Å². The van der Waals surface area contributed by atoms with E-state index < -0.39 is 0 Å². The van der Waals surface area contributed by atoms with Gasteiger partial charge in [-0.15, -0.1) is 6.42 Å². The number of hydrogen-bond donors (Lipinski definition) is 1. The van der Waals surface area contributed by atoms with Crippen LogP contribution < -0.4 is 5.32 Å². The van der Waals surface area contributed by atoms with Crippen molar-refractivity contribution in [2.24, 2.45) is 0 Å². The van der Waals surface area contributed by atoms with E-state index in [9.17, 15) is 0 Å². The maximum atomic E-state index is 5.20. The van der Waals surface area contributed by atoms with Gasteiger partial charge in [-0.05, 0) is 38.9 Å². The van der Waals surface area contributed by atoms with Gasteiger partial charge < -0.3 is 10.2 Å². The Labute approximate surface area is 81.7 Å². The molecular formula is C11H20N2. The molecule has 0 atom stereocenters. The number of nitrogens with one attached hydrogen (secondary N) is 1. The van der Waals surface area contributed by atoms with Crippen LogP contribution in [0.1, 0.15) is 26.2 Å². The Kier molecular flexibility index (Phi) is 4.88. The van der Waals surface area contributed by atoms with Crippen molar-refractivity contribution < 1.29 is 0 Å². The van der Waals surface area contributed by atoms with Crippen molar-refractivity contribution in [3.63, 3.8) is 0 Å². The first kappa shape index (κ1) is 10.6. The summed E-state index contributed by atoms with van der Waals surface area (Å²) in [6.07, 6.45) is 8.97. The quantitative estimate of drug-likeness (QED) is 0.651. The molecule has 0 amide bonds. The van der Waals surface area contributed by atoms with Crippen molar-refractivity contribution in [3.05, 3.63) is 0 Å². The van der Waals surface area contributed by atoms with Crippen LogP contribution in [0.2, 0.25) is 0 Å². The third kappa shape index (κ3) is 3.80. The van der Waals surface area contributed by atoms with Crippen LogP contribution >= 0.6 is 0 Å². The molecule has 0 unspecified atom stereocenters. The van der Waals surface area contributed by atoms with Gasteiger partial charge in [0.05, 0.1) is 6.54 Å². The van der Waals surface area contributed by atoms with Crippen molar-refractivity contribution in [3.8, 4) is 12.3 Å². The highest BCUT2D eigenvalue weighted by Crippen LogP contribution is 2.09. The summed E-state index contributed by atoms with van der Waals surface area (Å²) in [5, 5.41) is 3.37.